The van der Waals surface area contributed by atoms with Crippen LogP contribution in [0.15, 0.2) is 39.3 Å². The van der Waals surface area contributed by atoms with E-state index in [9.17, 15) is 18.0 Å². The van der Waals surface area contributed by atoms with E-state index in [2.05, 4.69) is 26.0 Å². The van der Waals surface area contributed by atoms with E-state index in [0.717, 1.165) is 17.1 Å². The summed E-state index contributed by atoms with van der Waals surface area (Å²) in [6.07, 6.45) is 0. The molecule has 1 aromatic rings. The van der Waals surface area contributed by atoms with Gasteiger partial charge in [0.15, 0.2) is 0 Å². The van der Waals surface area contributed by atoms with Crippen molar-refractivity contribution in [3.05, 3.63) is 44.9 Å². The number of allylic oxidation sites excluding steroid dienone is 1. The first kappa shape index (κ1) is 17.9. The lowest BCUT2D eigenvalue weighted by atomic mass is 10.2. The molecule has 0 atom stereocenters. The lowest BCUT2D eigenvalue weighted by molar-refractivity contribution is -0.135. The highest BCUT2D eigenvalue weighted by Gasteiger charge is 2.34. The summed E-state index contributed by atoms with van der Waals surface area (Å²) in [5.41, 5.74) is -3.56. The molecular formula is C13H13BrF3NO2S. The van der Waals surface area contributed by atoms with Crippen LogP contribution in [-0.2, 0) is 16.1 Å². The van der Waals surface area contributed by atoms with Gasteiger partial charge in [0, 0.05) is 16.7 Å². The van der Waals surface area contributed by atoms with Crippen LogP contribution in [0.1, 0.15) is 12.5 Å². The highest BCUT2D eigenvalue weighted by Crippen LogP contribution is 2.37. The molecule has 0 bridgehead atoms. The Labute approximate surface area is 133 Å². The van der Waals surface area contributed by atoms with Gasteiger partial charge in [0.2, 0.25) is 0 Å². The summed E-state index contributed by atoms with van der Waals surface area (Å²) in [5.74, 6) is -1.02. The lowest BCUT2D eigenvalue weighted by Gasteiger charge is -2.13. The second-order valence-corrected chi connectivity index (χ2v) is 5.96. The minimum absolute atomic E-state index is 0.118. The van der Waals surface area contributed by atoms with E-state index >= 15 is 0 Å². The smallest absolute Gasteiger partial charge is 0.446 e. The number of methoxy groups -OCH3 is 1. The number of benzene rings is 1. The number of halogens is 4. The van der Waals surface area contributed by atoms with Crippen molar-refractivity contribution in [2.45, 2.75) is 19.0 Å². The van der Waals surface area contributed by atoms with Crippen molar-refractivity contribution in [3.8, 4) is 0 Å². The van der Waals surface area contributed by atoms with Crippen molar-refractivity contribution in [3.63, 3.8) is 0 Å². The number of thioether (sulfide) groups is 1. The van der Waals surface area contributed by atoms with Crippen molar-refractivity contribution in [2.75, 3.05) is 7.11 Å². The highest BCUT2D eigenvalue weighted by molar-refractivity contribution is 9.10. The van der Waals surface area contributed by atoms with Crippen LogP contribution in [0.3, 0.4) is 0 Å². The van der Waals surface area contributed by atoms with Crippen molar-refractivity contribution in [1.82, 2.24) is 5.32 Å². The molecule has 21 heavy (non-hydrogen) atoms. The highest BCUT2D eigenvalue weighted by atomic mass is 79.9. The van der Waals surface area contributed by atoms with Crippen LogP contribution in [0, 0.1) is 0 Å². The van der Waals surface area contributed by atoms with E-state index in [-0.39, 0.29) is 5.70 Å². The van der Waals surface area contributed by atoms with E-state index in [1.807, 2.05) is 24.3 Å². The molecule has 0 fully saturated rings. The Kier molecular flexibility index (Phi) is 6.60. The fourth-order valence-corrected chi connectivity index (χ4v) is 2.28. The Morgan fingerprint density at radius 1 is 1.33 bits per heavy atom. The molecule has 0 aliphatic carbocycles. The number of carbonyl (C=O) groups is 1. The fourth-order valence-electron chi connectivity index (χ4n) is 1.40. The third-order valence-corrected chi connectivity index (χ3v) is 3.84. The molecule has 0 amide bonds. The molecule has 0 radical (unpaired) electrons. The van der Waals surface area contributed by atoms with Crippen molar-refractivity contribution >= 4 is 33.7 Å². The number of alkyl halides is 3. The number of hydrogen-bond acceptors (Lipinski definition) is 4. The van der Waals surface area contributed by atoms with Crippen LogP contribution in [0.2, 0.25) is 0 Å². The summed E-state index contributed by atoms with van der Waals surface area (Å²) < 4.78 is 42.7. The standard InChI is InChI=1S/C13H13BrF3NO2S/c1-8(11(12(19)20-2)21-13(15,16)17)18-7-9-3-5-10(14)6-4-9/h3-6,18H,7H2,1-2H3/b11-8+. The average molecular weight is 384 g/mol. The first-order valence-corrected chi connectivity index (χ1v) is 7.37. The zero-order chi connectivity index (χ0) is 16.0. The third kappa shape index (κ3) is 6.43. The maximum absolute atomic E-state index is 12.5. The molecule has 1 N–H and O–H groups in total. The number of esters is 1. The molecule has 0 aliphatic rings. The van der Waals surface area contributed by atoms with Crippen LogP contribution >= 0.6 is 27.7 Å². The maximum Gasteiger partial charge on any atom is 0.446 e. The number of nitrogens with one attached hydrogen (secondary N) is 1. The zero-order valence-corrected chi connectivity index (χ0v) is 13.7. The van der Waals surface area contributed by atoms with Gasteiger partial charge in [0.05, 0.1) is 7.11 Å². The minimum atomic E-state index is -4.55. The summed E-state index contributed by atoms with van der Waals surface area (Å²) >= 11 is 2.81. The van der Waals surface area contributed by atoms with E-state index in [4.69, 9.17) is 0 Å². The van der Waals surface area contributed by atoms with Crippen LogP contribution in [0.4, 0.5) is 13.2 Å². The number of carbonyl (C=O) groups excluding carboxylic acids is 1. The molecular weight excluding hydrogens is 371 g/mol. The Morgan fingerprint density at radius 2 is 1.90 bits per heavy atom. The quantitative estimate of drug-likeness (QED) is 0.610. The van der Waals surface area contributed by atoms with Gasteiger partial charge in [-0.2, -0.15) is 13.2 Å². The van der Waals surface area contributed by atoms with Gasteiger partial charge in [-0.05, 0) is 36.4 Å². The van der Waals surface area contributed by atoms with Gasteiger partial charge in [-0.3, -0.25) is 0 Å². The van der Waals surface area contributed by atoms with Gasteiger partial charge < -0.3 is 10.1 Å². The number of hydrogen-bond donors (Lipinski definition) is 1. The number of rotatable bonds is 5. The predicted molar refractivity (Wildman–Crippen MR) is 79.3 cm³/mol. The minimum Gasteiger partial charge on any atom is -0.465 e. The van der Waals surface area contributed by atoms with Crippen molar-refractivity contribution in [1.29, 1.82) is 0 Å². The van der Waals surface area contributed by atoms with Crippen LogP contribution < -0.4 is 5.32 Å². The average Bonchev–Trinajstić information content (AvgIpc) is 2.42. The largest absolute Gasteiger partial charge is 0.465 e. The molecule has 1 rings (SSSR count). The van der Waals surface area contributed by atoms with Gasteiger partial charge >= 0.3 is 11.5 Å². The molecule has 0 spiro atoms. The first-order valence-electron chi connectivity index (χ1n) is 5.76. The molecule has 0 saturated carbocycles. The summed E-state index contributed by atoms with van der Waals surface area (Å²) in [5, 5.41) is 2.80. The third-order valence-electron chi connectivity index (χ3n) is 2.40. The Hall–Kier alpha value is -1.15. The van der Waals surface area contributed by atoms with Crippen molar-refractivity contribution in [2.24, 2.45) is 0 Å². The lowest BCUT2D eigenvalue weighted by Crippen LogP contribution is -2.18. The van der Waals surface area contributed by atoms with Gasteiger partial charge in [-0.15, -0.1) is 0 Å². The Bertz CT molecular complexity index is 529. The van der Waals surface area contributed by atoms with Crippen LogP contribution in [0.25, 0.3) is 0 Å². The summed E-state index contributed by atoms with van der Waals surface area (Å²) in [6, 6.07) is 7.28. The van der Waals surface area contributed by atoms with Crippen LogP contribution in [-0.4, -0.2) is 18.6 Å². The Morgan fingerprint density at radius 3 is 2.38 bits per heavy atom. The van der Waals surface area contributed by atoms with Gasteiger partial charge in [-0.25, -0.2) is 4.79 Å². The van der Waals surface area contributed by atoms with E-state index in [1.54, 1.807) is 0 Å². The van der Waals surface area contributed by atoms with Gasteiger partial charge in [0.25, 0.3) is 0 Å². The molecule has 8 heteroatoms. The summed E-state index contributed by atoms with van der Waals surface area (Å²) in [6.45, 7) is 1.71. The molecule has 1 aromatic carbocycles. The second-order valence-electron chi connectivity index (χ2n) is 3.97. The topological polar surface area (TPSA) is 38.3 Å². The summed E-state index contributed by atoms with van der Waals surface area (Å²) in [7, 11) is 1.04. The van der Waals surface area contributed by atoms with E-state index < -0.39 is 28.1 Å². The van der Waals surface area contributed by atoms with Gasteiger partial charge in [0.1, 0.15) is 4.91 Å². The molecule has 0 heterocycles. The second kappa shape index (κ2) is 7.74. The fraction of sp³-hybridized carbons (Fsp3) is 0.308. The SMILES string of the molecule is COC(=O)/C(SC(F)(F)F)=C(/C)NCc1ccc(Br)cc1. The van der Waals surface area contributed by atoms with E-state index in [0.29, 0.717) is 6.54 Å². The summed E-state index contributed by atoms with van der Waals surface area (Å²) in [4.78, 5) is 10.9. The molecule has 0 aliphatic heterocycles. The number of ether oxygens (including phenoxy) is 1. The molecule has 116 valence electrons. The normalized spacial score (nSPS) is 12.7. The van der Waals surface area contributed by atoms with Gasteiger partial charge in [-0.1, -0.05) is 28.1 Å². The monoisotopic (exact) mass is 383 g/mol. The molecule has 0 saturated heterocycles. The Balaban J connectivity index is 2.83. The molecule has 3 nitrogen and oxygen atoms in total. The molecule has 0 aromatic heterocycles. The predicted octanol–water partition coefficient (Wildman–Crippen LogP) is 4.20. The van der Waals surface area contributed by atoms with Crippen molar-refractivity contribution < 1.29 is 22.7 Å². The van der Waals surface area contributed by atoms with Crippen LogP contribution in [0.5, 0.6) is 0 Å². The van der Waals surface area contributed by atoms with E-state index in [1.165, 1.54) is 6.92 Å². The first-order chi connectivity index (χ1) is 9.73. The zero-order valence-electron chi connectivity index (χ0n) is 11.3. The maximum atomic E-state index is 12.5. The molecule has 0 unspecified atom stereocenters.